The average molecular weight is 617 g/mol. The molecule has 2 heterocycles. The Bertz CT molecular complexity index is 1590. The molecule has 1 fully saturated rings. The Morgan fingerprint density at radius 1 is 1.07 bits per heavy atom. The number of urea groups is 1. The lowest BCUT2D eigenvalue weighted by Crippen LogP contribution is -2.50. The van der Waals surface area contributed by atoms with Gasteiger partial charge in [-0.05, 0) is 96.6 Å². The summed E-state index contributed by atoms with van der Waals surface area (Å²) in [7, 11) is 0. The number of amides is 4. The number of hydrogen-bond donors (Lipinski definition) is 3. The fourth-order valence-electron chi connectivity index (χ4n) is 6.25. The maximum Gasteiger partial charge on any atom is 0.410 e. The predicted molar refractivity (Wildman–Crippen MR) is 149 cm³/mol. The number of halogens is 4. The van der Waals surface area contributed by atoms with E-state index < -0.39 is 48.7 Å². The number of nitrogens with zero attached hydrogens (tertiary/aromatic N) is 3. The summed E-state index contributed by atoms with van der Waals surface area (Å²) in [4.78, 5) is 40.3. The molecule has 0 radical (unpaired) electrons. The van der Waals surface area contributed by atoms with Crippen molar-refractivity contribution in [2.24, 2.45) is 5.92 Å². The number of aryl methyl sites for hydroxylation is 2. The molecular formula is C29H28ClF3N6O4. The molecule has 0 spiro atoms. The molecule has 0 saturated carbocycles. The standard InChI is InChI=1S/C29H28ClF3N6O4/c1-14-24(38-43-37-14)26(40)36-25(18-3-2-16-9-20(30)6-4-15(16)8-18)27(41)34-21-7-5-17-11-22(12-19(17)10-21)39-13-23(29(31,32)33)35-28(39)42/h4-7,9-10,18,22-23,25H,2-3,8,11-13H2,1H3,(H,34,41)(H,35,42)(H,36,40)/t18?,22?,23-,25?/m0/s1. The van der Waals surface area contributed by atoms with Gasteiger partial charge in [0.1, 0.15) is 17.8 Å². The second kappa shape index (κ2) is 11.2. The highest BCUT2D eigenvalue weighted by molar-refractivity contribution is 6.30. The first-order valence-corrected chi connectivity index (χ1v) is 14.3. The monoisotopic (exact) mass is 616 g/mol. The molecule has 0 bridgehead atoms. The number of carbonyl (C=O) groups is 3. The molecule has 3 unspecified atom stereocenters. The van der Waals surface area contributed by atoms with Crippen LogP contribution in [0.25, 0.3) is 0 Å². The van der Waals surface area contributed by atoms with Gasteiger partial charge in [0, 0.05) is 16.8 Å². The van der Waals surface area contributed by atoms with Crippen LogP contribution in [0.2, 0.25) is 5.02 Å². The highest BCUT2D eigenvalue weighted by Gasteiger charge is 2.49. The fourth-order valence-corrected chi connectivity index (χ4v) is 6.45. The lowest BCUT2D eigenvalue weighted by Gasteiger charge is -2.31. The number of fused-ring (bicyclic) bond motifs is 2. The molecule has 10 nitrogen and oxygen atoms in total. The van der Waals surface area contributed by atoms with Crippen LogP contribution in [0.1, 0.15) is 44.9 Å². The molecule has 4 amide bonds. The van der Waals surface area contributed by atoms with Crippen LogP contribution < -0.4 is 16.0 Å². The molecular weight excluding hydrogens is 589 g/mol. The fraction of sp³-hybridized carbons (Fsp3) is 0.414. The van der Waals surface area contributed by atoms with Crippen LogP contribution in [0, 0.1) is 12.8 Å². The Morgan fingerprint density at radius 3 is 2.53 bits per heavy atom. The quantitative estimate of drug-likeness (QED) is 0.384. The minimum absolute atomic E-state index is 0.0110. The number of anilines is 1. The van der Waals surface area contributed by atoms with E-state index in [-0.39, 0.29) is 11.6 Å². The van der Waals surface area contributed by atoms with Crippen LogP contribution in [-0.4, -0.2) is 63.9 Å². The molecule has 3 N–H and O–H groups in total. The molecule has 14 heteroatoms. The maximum atomic E-state index is 13.7. The Hall–Kier alpha value is -4.13. The summed E-state index contributed by atoms with van der Waals surface area (Å²) in [6, 6.07) is 6.96. The third-order valence-corrected chi connectivity index (χ3v) is 8.74. The topological polar surface area (TPSA) is 129 Å². The van der Waals surface area contributed by atoms with Crippen LogP contribution in [-0.2, 0) is 30.5 Å². The van der Waals surface area contributed by atoms with Crippen LogP contribution in [0.4, 0.5) is 23.7 Å². The van der Waals surface area contributed by atoms with Gasteiger partial charge >= 0.3 is 12.2 Å². The molecule has 1 aliphatic heterocycles. The van der Waals surface area contributed by atoms with E-state index in [2.05, 4.69) is 25.6 Å². The Labute approximate surface area is 249 Å². The lowest BCUT2D eigenvalue weighted by atomic mass is 9.79. The van der Waals surface area contributed by atoms with E-state index in [9.17, 15) is 27.6 Å². The normalized spacial score (nSPS) is 22.0. The number of rotatable bonds is 6. The van der Waals surface area contributed by atoms with Gasteiger partial charge in [0.2, 0.25) is 5.91 Å². The summed E-state index contributed by atoms with van der Waals surface area (Å²) in [5, 5.41) is 15.7. The highest BCUT2D eigenvalue weighted by atomic mass is 35.5. The lowest BCUT2D eigenvalue weighted by molar-refractivity contribution is -0.150. The van der Waals surface area contributed by atoms with E-state index in [1.54, 1.807) is 31.2 Å². The van der Waals surface area contributed by atoms with Gasteiger partial charge in [-0.3, -0.25) is 9.59 Å². The summed E-state index contributed by atoms with van der Waals surface area (Å²) in [6.07, 6.45) is -1.89. The maximum absolute atomic E-state index is 13.7. The van der Waals surface area contributed by atoms with Crippen molar-refractivity contribution >= 4 is 35.1 Å². The zero-order valence-corrected chi connectivity index (χ0v) is 23.8. The van der Waals surface area contributed by atoms with E-state index >= 15 is 0 Å². The van der Waals surface area contributed by atoms with Crippen LogP contribution in [0.3, 0.4) is 0 Å². The van der Waals surface area contributed by atoms with Crippen molar-refractivity contribution in [1.29, 1.82) is 0 Å². The summed E-state index contributed by atoms with van der Waals surface area (Å²) < 4.78 is 44.2. The molecule has 43 heavy (non-hydrogen) atoms. The SMILES string of the molecule is Cc1nonc1C(=O)NC(C(=O)Nc1ccc2c(c1)CC(N1C[C@@H](C(F)(F)F)NC1=O)C2)C1CCc2cc(Cl)ccc2C1. The van der Waals surface area contributed by atoms with Gasteiger partial charge in [0.25, 0.3) is 5.91 Å². The first-order valence-electron chi connectivity index (χ1n) is 13.9. The second-order valence-electron chi connectivity index (χ2n) is 11.3. The third kappa shape index (κ3) is 5.90. The number of nitrogens with one attached hydrogen (secondary N) is 3. The molecule has 3 aromatic rings. The first-order chi connectivity index (χ1) is 20.5. The van der Waals surface area contributed by atoms with E-state index in [1.807, 2.05) is 17.4 Å². The number of carbonyl (C=O) groups excluding carboxylic acids is 3. The Morgan fingerprint density at radius 2 is 1.81 bits per heavy atom. The number of aromatic nitrogens is 2. The molecule has 2 aromatic carbocycles. The van der Waals surface area contributed by atoms with E-state index in [4.69, 9.17) is 11.6 Å². The van der Waals surface area contributed by atoms with Crippen LogP contribution >= 0.6 is 11.6 Å². The summed E-state index contributed by atoms with van der Waals surface area (Å²) >= 11 is 6.16. The molecule has 3 aliphatic rings. The Balaban J connectivity index is 1.18. The third-order valence-electron chi connectivity index (χ3n) is 8.50. The van der Waals surface area contributed by atoms with Crippen molar-refractivity contribution in [3.05, 3.63) is 75.1 Å². The Kier molecular flexibility index (Phi) is 7.53. The van der Waals surface area contributed by atoms with Crippen molar-refractivity contribution in [1.82, 2.24) is 25.8 Å². The van der Waals surface area contributed by atoms with Gasteiger partial charge in [-0.25, -0.2) is 9.42 Å². The second-order valence-corrected chi connectivity index (χ2v) is 11.7. The summed E-state index contributed by atoms with van der Waals surface area (Å²) in [6.45, 7) is 1.14. The van der Waals surface area contributed by atoms with Gasteiger partial charge in [-0.1, -0.05) is 28.9 Å². The highest BCUT2D eigenvalue weighted by Crippen LogP contribution is 2.33. The van der Waals surface area contributed by atoms with E-state index in [0.29, 0.717) is 48.5 Å². The molecule has 6 rings (SSSR count). The molecule has 1 saturated heterocycles. The van der Waals surface area contributed by atoms with Crippen molar-refractivity contribution in [2.45, 2.75) is 63.3 Å². The van der Waals surface area contributed by atoms with Gasteiger partial charge in [0.15, 0.2) is 5.69 Å². The summed E-state index contributed by atoms with van der Waals surface area (Å²) in [5.41, 5.74) is 4.64. The smallest absolute Gasteiger partial charge is 0.338 e. The predicted octanol–water partition coefficient (Wildman–Crippen LogP) is 4.00. The van der Waals surface area contributed by atoms with Crippen LogP contribution in [0.5, 0.6) is 0 Å². The van der Waals surface area contributed by atoms with Crippen molar-refractivity contribution < 1.29 is 32.2 Å². The van der Waals surface area contributed by atoms with Crippen LogP contribution in [0.15, 0.2) is 41.0 Å². The van der Waals surface area contributed by atoms with E-state index in [0.717, 1.165) is 22.3 Å². The minimum atomic E-state index is -4.52. The summed E-state index contributed by atoms with van der Waals surface area (Å²) in [5.74, 6) is -1.24. The number of alkyl halides is 3. The number of hydrogen-bond acceptors (Lipinski definition) is 6. The first kappa shape index (κ1) is 29.0. The molecule has 1 aromatic heterocycles. The van der Waals surface area contributed by atoms with Crippen molar-refractivity contribution in [3.8, 4) is 0 Å². The molecule has 226 valence electrons. The van der Waals surface area contributed by atoms with Gasteiger partial charge in [-0.15, -0.1) is 0 Å². The van der Waals surface area contributed by atoms with Gasteiger partial charge in [0.05, 0.1) is 6.54 Å². The number of benzene rings is 2. The van der Waals surface area contributed by atoms with Crippen molar-refractivity contribution in [2.75, 3.05) is 11.9 Å². The van der Waals surface area contributed by atoms with Gasteiger partial charge < -0.3 is 20.9 Å². The van der Waals surface area contributed by atoms with E-state index in [1.165, 1.54) is 4.90 Å². The largest absolute Gasteiger partial charge is 0.410 e. The zero-order chi connectivity index (χ0) is 30.5. The molecule has 2 aliphatic carbocycles. The zero-order valence-electron chi connectivity index (χ0n) is 23.0. The van der Waals surface area contributed by atoms with Crippen molar-refractivity contribution in [3.63, 3.8) is 0 Å². The molecule has 4 atom stereocenters. The average Bonchev–Trinajstić information content (AvgIpc) is 3.68. The minimum Gasteiger partial charge on any atom is -0.338 e. The van der Waals surface area contributed by atoms with Gasteiger partial charge in [-0.2, -0.15) is 13.2 Å².